The Morgan fingerprint density at radius 3 is 2.66 bits per heavy atom. The van der Waals surface area contributed by atoms with Crippen molar-refractivity contribution in [2.75, 3.05) is 51.2 Å². The molecule has 3 aromatic heterocycles. The van der Waals surface area contributed by atoms with E-state index in [9.17, 15) is 0 Å². The highest BCUT2D eigenvalue weighted by Gasteiger charge is 2.22. The van der Waals surface area contributed by atoms with Crippen LogP contribution in [0, 0.1) is 5.41 Å². The fraction of sp³-hybridized carbons (Fsp3) is 0.565. The molecule has 0 spiro atoms. The van der Waals surface area contributed by atoms with E-state index in [0.717, 1.165) is 80.5 Å². The molecule has 170 valence electrons. The second kappa shape index (κ2) is 8.88. The van der Waals surface area contributed by atoms with Gasteiger partial charge in [-0.3, -0.25) is 10.3 Å². The second-order valence-electron chi connectivity index (χ2n) is 9.24. The van der Waals surface area contributed by atoms with Gasteiger partial charge in [0, 0.05) is 69.0 Å². The first-order valence-electron chi connectivity index (χ1n) is 11.5. The number of fused-ring (bicyclic) bond motifs is 3. The van der Waals surface area contributed by atoms with Gasteiger partial charge in [0.2, 0.25) is 0 Å². The molecule has 3 aromatic rings. The van der Waals surface area contributed by atoms with Crippen molar-refractivity contribution in [2.45, 2.75) is 39.3 Å². The lowest BCUT2D eigenvalue weighted by atomic mass is 10.1. The Labute approximate surface area is 193 Å². The van der Waals surface area contributed by atoms with Crippen LogP contribution in [0.15, 0.2) is 18.7 Å². The Morgan fingerprint density at radius 2 is 1.88 bits per heavy atom. The summed E-state index contributed by atoms with van der Waals surface area (Å²) in [7, 11) is 2.16. The molecule has 2 aliphatic heterocycles. The quantitative estimate of drug-likeness (QED) is 0.640. The van der Waals surface area contributed by atoms with Crippen LogP contribution in [0.2, 0.25) is 0 Å². The van der Waals surface area contributed by atoms with Crippen molar-refractivity contribution >= 4 is 27.4 Å². The van der Waals surface area contributed by atoms with E-state index in [-0.39, 0.29) is 0 Å². The van der Waals surface area contributed by atoms with Crippen LogP contribution >= 0.6 is 11.3 Å². The molecule has 0 aromatic carbocycles. The van der Waals surface area contributed by atoms with Crippen molar-refractivity contribution in [1.29, 1.82) is 5.41 Å². The monoisotopic (exact) mass is 452 g/mol. The smallest absolute Gasteiger partial charge is 0.136 e. The van der Waals surface area contributed by atoms with E-state index in [1.54, 1.807) is 17.7 Å². The summed E-state index contributed by atoms with van der Waals surface area (Å²) in [5, 5.41) is 9.92. The zero-order chi connectivity index (χ0) is 22.2. The number of likely N-dealkylation sites (N-methyl/N-ethyl adjacent to an activating group) is 1. The van der Waals surface area contributed by atoms with Gasteiger partial charge in [-0.25, -0.2) is 15.0 Å². The Kier molecular flexibility index (Phi) is 5.96. The van der Waals surface area contributed by atoms with Crippen LogP contribution in [0.3, 0.4) is 0 Å². The highest BCUT2D eigenvalue weighted by Crippen LogP contribution is 2.31. The van der Waals surface area contributed by atoms with Gasteiger partial charge in [0.15, 0.2) is 0 Å². The van der Waals surface area contributed by atoms with E-state index in [1.807, 2.05) is 10.9 Å². The molecule has 8 nitrogen and oxygen atoms in total. The van der Waals surface area contributed by atoms with Crippen molar-refractivity contribution in [3.63, 3.8) is 0 Å². The maximum Gasteiger partial charge on any atom is 0.136 e. The molecule has 0 amide bonds. The van der Waals surface area contributed by atoms with E-state index < -0.39 is 0 Å². The molecule has 5 heterocycles. The molecule has 0 saturated carbocycles. The lowest BCUT2D eigenvalue weighted by Gasteiger charge is -2.35. The summed E-state index contributed by atoms with van der Waals surface area (Å²) in [4.78, 5) is 23.2. The molecule has 1 fully saturated rings. The third-order valence-corrected chi connectivity index (χ3v) is 7.81. The normalized spacial score (nSPS) is 17.9. The fourth-order valence-corrected chi connectivity index (χ4v) is 5.91. The number of piperazine rings is 1. The maximum atomic E-state index is 8.84. The molecule has 0 aliphatic carbocycles. The van der Waals surface area contributed by atoms with Crippen molar-refractivity contribution in [1.82, 2.24) is 29.3 Å². The number of nitrogens with one attached hydrogen (secondary N) is 1. The highest BCUT2D eigenvalue weighted by molar-refractivity contribution is 7.18. The first-order valence-corrected chi connectivity index (χ1v) is 12.3. The van der Waals surface area contributed by atoms with Gasteiger partial charge in [0.25, 0.3) is 0 Å². The van der Waals surface area contributed by atoms with Gasteiger partial charge in [-0.1, -0.05) is 13.8 Å². The predicted molar refractivity (Wildman–Crippen MR) is 128 cm³/mol. The van der Waals surface area contributed by atoms with Crippen molar-refractivity contribution in [3.05, 3.63) is 40.3 Å². The van der Waals surface area contributed by atoms with Crippen LogP contribution in [-0.4, -0.2) is 75.6 Å². The summed E-state index contributed by atoms with van der Waals surface area (Å²) in [6.07, 6.45) is 4.57. The van der Waals surface area contributed by atoms with Gasteiger partial charge in [0.1, 0.15) is 22.5 Å². The largest absolute Gasteiger partial charge is 0.354 e. The topological polar surface area (TPSA) is 77.2 Å². The van der Waals surface area contributed by atoms with Crippen LogP contribution in [0.5, 0.6) is 0 Å². The van der Waals surface area contributed by atoms with Crippen LogP contribution in [0.25, 0.3) is 10.2 Å². The zero-order valence-electron chi connectivity index (χ0n) is 19.2. The number of rotatable bonds is 5. The Balaban J connectivity index is 1.23. The summed E-state index contributed by atoms with van der Waals surface area (Å²) in [6.45, 7) is 12.1. The number of hydrogen-bond acceptors (Lipinski definition) is 8. The van der Waals surface area contributed by atoms with Crippen molar-refractivity contribution < 1.29 is 0 Å². The third-order valence-electron chi connectivity index (χ3n) is 6.69. The standard InChI is InChI=1S/C23H32N8S/c1-16(2)18-12-20(26-14-25-18)30-9-6-29(7-10-30)8-11-31-15-27-23-21(22(31)24)17-4-5-28(3)13-19(17)32-23/h12,14-16,24H,4-11,13H2,1-3H3. The van der Waals surface area contributed by atoms with Gasteiger partial charge in [-0.15, -0.1) is 11.3 Å². The molecule has 1 N–H and O–H groups in total. The van der Waals surface area contributed by atoms with Crippen molar-refractivity contribution in [2.24, 2.45) is 0 Å². The Bertz CT molecular complexity index is 1160. The van der Waals surface area contributed by atoms with E-state index in [4.69, 9.17) is 10.4 Å². The van der Waals surface area contributed by atoms with Gasteiger partial charge < -0.3 is 14.4 Å². The van der Waals surface area contributed by atoms with Crippen LogP contribution in [0.4, 0.5) is 5.82 Å². The molecule has 5 rings (SSSR count). The average molecular weight is 453 g/mol. The number of thiophene rings is 1. The van der Waals surface area contributed by atoms with E-state index >= 15 is 0 Å². The summed E-state index contributed by atoms with van der Waals surface area (Å²) in [6, 6.07) is 2.13. The van der Waals surface area contributed by atoms with Gasteiger partial charge in [-0.05, 0) is 24.9 Å². The van der Waals surface area contributed by atoms with Crippen LogP contribution in [0.1, 0.15) is 35.9 Å². The molecule has 0 atom stereocenters. The first-order chi connectivity index (χ1) is 15.5. The summed E-state index contributed by atoms with van der Waals surface area (Å²) in [5.74, 6) is 1.45. The number of nitrogens with zero attached hydrogens (tertiary/aromatic N) is 7. The summed E-state index contributed by atoms with van der Waals surface area (Å²) in [5.41, 5.74) is 3.08. The SMILES string of the molecule is CC(C)c1cc(N2CCN(CCn3cnc4sc5c(c4c3=N)CCN(C)C5)CC2)ncn1. The first kappa shape index (κ1) is 21.5. The van der Waals surface area contributed by atoms with Crippen LogP contribution in [-0.2, 0) is 19.5 Å². The van der Waals surface area contributed by atoms with Gasteiger partial charge in [0.05, 0.1) is 11.7 Å². The molecule has 1 saturated heterocycles. The lowest BCUT2D eigenvalue weighted by molar-refractivity contribution is 0.246. The minimum atomic E-state index is 0.412. The second-order valence-corrected chi connectivity index (χ2v) is 10.3. The Hall–Kier alpha value is -2.36. The fourth-order valence-electron chi connectivity index (χ4n) is 4.64. The molecule has 0 radical (unpaired) electrons. The molecule has 32 heavy (non-hydrogen) atoms. The highest BCUT2D eigenvalue weighted by atomic mass is 32.1. The number of hydrogen-bond donors (Lipinski definition) is 1. The average Bonchev–Trinajstić information content (AvgIpc) is 3.17. The maximum absolute atomic E-state index is 8.84. The number of anilines is 1. The minimum absolute atomic E-state index is 0.412. The molecule has 0 bridgehead atoms. The number of aromatic nitrogens is 4. The molecular formula is C23H32N8S. The van der Waals surface area contributed by atoms with Crippen LogP contribution < -0.4 is 10.4 Å². The minimum Gasteiger partial charge on any atom is -0.354 e. The van der Waals surface area contributed by atoms with Crippen molar-refractivity contribution in [3.8, 4) is 0 Å². The molecular weight excluding hydrogens is 420 g/mol. The predicted octanol–water partition coefficient (Wildman–Crippen LogP) is 2.30. The van der Waals surface area contributed by atoms with E-state index in [2.05, 4.69) is 51.6 Å². The van der Waals surface area contributed by atoms with E-state index in [1.165, 1.54) is 10.4 Å². The zero-order valence-corrected chi connectivity index (χ0v) is 20.0. The van der Waals surface area contributed by atoms with Gasteiger partial charge in [-0.2, -0.15) is 0 Å². The summed E-state index contributed by atoms with van der Waals surface area (Å²) >= 11 is 1.76. The molecule has 9 heteroatoms. The lowest BCUT2D eigenvalue weighted by Crippen LogP contribution is -2.47. The van der Waals surface area contributed by atoms with E-state index in [0.29, 0.717) is 11.4 Å². The third kappa shape index (κ3) is 4.16. The van der Waals surface area contributed by atoms with Gasteiger partial charge >= 0.3 is 0 Å². The molecule has 0 unspecified atom stereocenters. The summed E-state index contributed by atoms with van der Waals surface area (Å²) < 4.78 is 2.03. The molecule has 2 aliphatic rings. The Morgan fingerprint density at radius 1 is 1.06 bits per heavy atom.